The second-order valence-electron chi connectivity index (χ2n) is 5.01. The molecule has 0 fully saturated rings. The van der Waals surface area contributed by atoms with Crippen LogP contribution >= 0.6 is 0 Å². The number of hydrogen-bond acceptors (Lipinski definition) is 5. The van der Waals surface area contributed by atoms with Crippen molar-refractivity contribution in [1.82, 2.24) is 19.5 Å². The standard InChI is InChI=1S/C15H10F2N4O3/c16-9-2-1-8(10(17)3-9)5-21-7-20-13-11(4-12(22)15(23)24)18-6-19-14(13)21/h1-3,6-7H,4-5H2,(H,23,24). The van der Waals surface area contributed by atoms with Crippen molar-refractivity contribution in [2.75, 3.05) is 0 Å². The Morgan fingerprint density at radius 1 is 1.17 bits per heavy atom. The number of carbonyl (C=O) groups excluding carboxylic acids is 1. The number of imidazole rings is 1. The number of nitrogens with zero attached hydrogens (tertiary/aromatic N) is 4. The van der Waals surface area contributed by atoms with Gasteiger partial charge in [-0.1, -0.05) is 6.07 Å². The lowest BCUT2D eigenvalue weighted by Crippen LogP contribution is -2.16. The number of Topliss-reactive ketones (excluding diaryl/α,β-unsaturated/α-hetero) is 1. The fraction of sp³-hybridized carbons (Fsp3) is 0.133. The van der Waals surface area contributed by atoms with Crippen molar-refractivity contribution in [3.8, 4) is 0 Å². The van der Waals surface area contributed by atoms with Crippen LogP contribution < -0.4 is 0 Å². The van der Waals surface area contributed by atoms with Gasteiger partial charge >= 0.3 is 5.97 Å². The van der Waals surface area contributed by atoms with Gasteiger partial charge in [0.05, 0.1) is 25.0 Å². The van der Waals surface area contributed by atoms with E-state index in [-0.39, 0.29) is 23.3 Å². The van der Waals surface area contributed by atoms with Gasteiger partial charge in [-0.15, -0.1) is 0 Å². The molecule has 0 spiro atoms. The average Bonchev–Trinajstić information content (AvgIpc) is 2.94. The lowest BCUT2D eigenvalue weighted by Gasteiger charge is -2.06. The molecule has 0 aliphatic carbocycles. The van der Waals surface area contributed by atoms with E-state index in [1.165, 1.54) is 23.3 Å². The highest BCUT2D eigenvalue weighted by atomic mass is 19.1. The van der Waals surface area contributed by atoms with Crippen molar-refractivity contribution < 1.29 is 23.5 Å². The molecule has 0 atom stereocenters. The largest absolute Gasteiger partial charge is 0.475 e. The molecule has 0 amide bonds. The van der Waals surface area contributed by atoms with Crippen LogP contribution in [0, 0.1) is 11.6 Å². The summed E-state index contributed by atoms with van der Waals surface area (Å²) in [5, 5.41) is 8.68. The molecule has 0 saturated heterocycles. The lowest BCUT2D eigenvalue weighted by atomic mass is 10.2. The number of carbonyl (C=O) groups is 2. The van der Waals surface area contributed by atoms with Crippen LogP contribution in [0.3, 0.4) is 0 Å². The molecule has 0 aliphatic rings. The predicted octanol–water partition coefficient (Wildman–Crippen LogP) is 1.35. The number of hydrogen-bond donors (Lipinski definition) is 1. The third kappa shape index (κ3) is 2.96. The molecule has 9 heteroatoms. The monoisotopic (exact) mass is 332 g/mol. The molecule has 1 N–H and O–H groups in total. The highest BCUT2D eigenvalue weighted by molar-refractivity contribution is 6.33. The molecule has 0 aliphatic heterocycles. The van der Waals surface area contributed by atoms with Gasteiger partial charge in [0.15, 0.2) is 5.65 Å². The molecular formula is C15H10F2N4O3. The molecule has 0 radical (unpaired) electrons. The number of halogens is 2. The summed E-state index contributed by atoms with van der Waals surface area (Å²) < 4.78 is 28.2. The van der Waals surface area contributed by atoms with E-state index < -0.39 is 29.8 Å². The summed E-state index contributed by atoms with van der Waals surface area (Å²) >= 11 is 0. The van der Waals surface area contributed by atoms with Crippen LogP contribution in [0.2, 0.25) is 0 Å². The Bertz CT molecular complexity index is 955. The quantitative estimate of drug-likeness (QED) is 0.708. The summed E-state index contributed by atoms with van der Waals surface area (Å²) in [6.07, 6.45) is 2.12. The summed E-state index contributed by atoms with van der Waals surface area (Å²) in [6, 6.07) is 3.23. The topological polar surface area (TPSA) is 98.0 Å². The van der Waals surface area contributed by atoms with E-state index >= 15 is 0 Å². The second-order valence-corrected chi connectivity index (χ2v) is 5.01. The number of rotatable bonds is 5. The van der Waals surface area contributed by atoms with Crippen LogP contribution in [0.15, 0.2) is 30.9 Å². The Morgan fingerprint density at radius 2 is 1.96 bits per heavy atom. The summed E-state index contributed by atoms with van der Waals surface area (Å²) in [5.74, 6) is -3.96. The Hall–Kier alpha value is -3.23. The SMILES string of the molecule is O=C(O)C(=O)Cc1ncnc2c1ncn2Cc1ccc(F)cc1F. The van der Waals surface area contributed by atoms with Crippen LogP contribution in [0.25, 0.3) is 11.2 Å². The molecule has 1 aromatic carbocycles. The number of ketones is 1. The summed E-state index contributed by atoms with van der Waals surface area (Å²) in [4.78, 5) is 34.0. The van der Waals surface area contributed by atoms with E-state index in [1.807, 2.05) is 0 Å². The van der Waals surface area contributed by atoms with Crippen LogP contribution in [-0.2, 0) is 22.6 Å². The first-order valence-electron chi connectivity index (χ1n) is 6.80. The average molecular weight is 332 g/mol. The number of benzene rings is 1. The zero-order chi connectivity index (χ0) is 17.3. The minimum absolute atomic E-state index is 0.0476. The van der Waals surface area contributed by atoms with Crippen molar-refractivity contribution in [3.05, 3.63) is 53.7 Å². The van der Waals surface area contributed by atoms with Gasteiger partial charge in [0.2, 0.25) is 5.78 Å². The van der Waals surface area contributed by atoms with Crippen molar-refractivity contribution in [3.63, 3.8) is 0 Å². The van der Waals surface area contributed by atoms with Crippen LogP contribution in [0.4, 0.5) is 8.78 Å². The smallest absolute Gasteiger partial charge is 0.372 e. The maximum absolute atomic E-state index is 13.8. The van der Waals surface area contributed by atoms with Gasteiger partial charge in [-0.05, 0) is 6.07 Å². The molecular weight excluding hydrogens is 322 g/mol. The third-order valence-corrected chi connectivity index (χ3v) is 3.40. The molecule has 0 bridgehead atoms. The third-order valence-electron chi connectivity index (χ3n) is 3.40. The van der Waals surface area contributed by atoms with Gasteiger partial charge in [0.25, 0.3) is 0 Å². The van der Waals surface area contributed by atoms with Gasteiger partial charge in [-0.25, -0.2) is 28.5 Å². The second kappa shape index (κ2) is 6.11. The first-order valence-corrected chi connectivity index (χ1v) is 6.80. The minimum Gasteiger partial charge on any atom is -0.475 e. The molecule has 7 nitrogen and oxygen atoms in total. The first-order chi connectivity index (χ1) is 11.5. The molecule has 2 heterocycles. The number of aromatic nitrogens is 4. The molecule has 3 aromatic rings. The Balaban J connectivity index is 1.96. The summed E-state index contributed by atoms with van der Waals surface area (Å²) in [5.41, 5.74) is 0.986. The molecule has 122 valence electrons. The van der Waals surface area contributed by atoms with Crippen molar-refractivity contribution in [2.45, 2.75) is 13.0 Å². The number of carboxylic acids is 1. The van der Waals surface area contributed by atoms with Gasteiger partial charge in [0, 0.05) is 11.6 Å². The molecule has 0 unspecified atom stereocenters. The fourth-order valence-corrected chi connectivity index (χ4v) is 2.24. The van der Waals surface area contributed by atoms with Gasteiger partial charge in [0.1, 0.15) is 23.5 Å². The fourth-order valence-electron chi connectivity index (χ4n) is 2.24. The number of carboxylic acid groups (broad SMARTS) is 1. The van der Waals surface area contributed by atoms with E-state index in [0.717, 1.165) is 12.1 Å². The number of aliphatic carboxylic acids is 1. The van der Waals surface area contributed by atoms with Crippen LogP contribution in [0.5, 0.6) is 0 Å². The van der Waals surface area contributed by atoms with Crippen LogP contribution in [0.1, 0.15) is 11.3 Å². The van der Waals surface area contributed by atoms with E-state index in [0.29, 0.717) is 5.65 Å². The van der Waals surface area contributed by atoms with E-state index in [9.17, 15) is 18.4 Å². The molecule has 24 heavy (non-hydrogen) atoms. The van der Waals surface area contributed by atoms with Crippen molar-refractivity contribution in [1.29, 1.82) is 0 Å². The van der Waals surface area contributed by atoms with E-state index in [4.69, 9.17) is 5.11 Å². The lowest BCUT2D eigenvalue weighted by molar-refractivity contribution is -0.148. The summed E-state index contributed by atoms with van der Waals surface area (Å²) in [7, 11) is 0. The van der Waals surface area contributed by atoms with Gasteiger partial charge < -0.3 is 9.67 Å². The Labute approximate surface area is 133 Å². The van der Waals surface area contributed by atoms with Crippen molar-refractivity contribution >= 4 is 22.9 Å². The highest BCUT2D eigenvalue weighted by Crippen LogP contribution is 2.17. The molecule has 0 saturated carbocycles. The zero-order valence-corrected chi connectivity index (χ0v) is 12.1. The number of fused-ring (bicyclic) bond motifs is 1. The first kappa shape index (κ1) is 15.7. The Morgan fingerprint density at radius 3 is 2.67 bits per heavy atom. The van der Waals surface area contributed by atoms with Gasteiger partial charge in [-0.3, -0.25) is 4.79 Å². The van der Waals surface area contributed by atoms with Crippen LogP contribution in [-0.4, -0.2) is 36.4 Å². The molecule has 2 aromatic heterocycles. The highest BCUT2D eigenvalue weighted by Gasteiger charge is 2.18. The Kier molecular flexibility index (Phi) is 3.98. The normalized spacial score (nSPS) is 10.9. The van der Waals surface area contributed by atoms with E-state index in [1.54, 1.807) is 0 Å². The zero-order valence-electron chi connectivity index (χ0n) is 12.1. The maximum atomic E-state index is 13.8. The maximum Gasteiger partial charge on any atom is 0.372 e. The van der Waals surface area contributed by atoms with E-state index in [2.05, 4.69) is 15.0 Å². The van der Waals surface area contributed by atoms with Crippen molar-refractivity contribution in [2.24, 2.45) is 0 Å². The molecule has 3 rings (SSSR count). The minimum atomic E-state index is -1.56. The van der Waals surface area contributed by atoms with Gasteiger partial charge in [-0.2, -0.15) is 0 Å². The predicted molar refractivity (Wildman–Crippen MR) is 77.1 cm³/mol. The summed E-state index contributed by atoms with van der Waals surface area (Å²) in [6.45, 7) is 0.0476.